The minimum absolute atomic E-state index is 0.0427. The molecule has 0 spiro atoms. The molecule has 1 amide bonds. The predicted octanol–water partition coefficient (Wildman–Crippen LogP) is 3.78. The first kappa shape index (κ1) is 25.7. The number of methoxy groups -OCH3 is 1. The number of hydrogen-bond donors (Lipinski definition) is 0. The standard InChI is InChI=1S/C24H30F3N3O4/c1-23(2,3)19-13-20(30(29(19)4)14-17-7-6-10-34-17)28-22(32)18-12-16(24(25,26)27)9-8-15(18)11-21(31)33-5/h8-9,12-13,17H,6-7,10-11,14H2,1-5H3/t17-/m1/s1. The summed E-state index contributed by atoms with van der Waals surface area (Å²) in [5.74, 6) is -1.53. The van der Waals surface area contributed by atoms with Gasteiger partial charge < -0.3 is 9.47 Å². The largest absolute Gasteiger partial charge is 0.469 e. The van der Waals surface area contributed by atoms with Crippen molar-refractivity contribution in [3.63, 3.8) is 0 Å². The summed E-state index contributed by atoms with van der Waals surface area (Å²) in [6.45, 7) is 7.17. The fraction of sp³-hybridized carbons (Fsp3) is 0.542. The average molecular weight is 482 g/mol. The van der Waals surface area contributed by atoms with Gasteiger partial charge in [0, 0.05) is 36.4 Å². The van der Waals surface area contributed by atoms with Crippen molar-refractivity contribution < 1.29 is 32.2 Å². The van der Waals surface area contributed by atoms with Crippen LogP contribution in [-0.2, 0) is 45.9 Å². The number of amides is 1. The van der Waals surface area contributed by atoms with E-state index < -0.39 is 23.6 Å². The molecule has 186 valence electrons. The quantitative estimate of drug-likeness (QED) is 0.610. The van der Waals surface area contributed by atoms with E-state index in [0.717, 1.165) is 36.7 Å². The van der Waals surface area contributed by atoms with Crippen LogP contribution in [-0.4, -0.2) is 41.1 Å². The molecular formula is C24H30F3N3O4. The predicted molar refractivity (Wildman–Crippen MR) is 118 cm³/mol. The van der Waals surface area contributed by atoms with Gasteiger partial charge in [-0.25, -0.2) is 0 Å². The van der Waals surface area contributed by atoms with Crippen LogP contribution >= 0.6 is 0 Å². The normalized spacial score (nSPS) is 17.3. The first-order chi connectivity index (χ1) is 15.8. The average Bonchev–Trinajstić information content (AvgIpc) is 3.36. The molecule has 1 aromatic heterocycles. The molecule has 2 aromatic rings. The summed E-state index contributed by atoms with van der Waals surface area (Å²) in [6, 6.07) is 4.46. The third-order valence-corrected chi connectivity index (χ3v) is 5.86. The molecule has 1 aliphatic rings. The van der Waals surface area contributed by atoms with Gasteiger partial charge in [-0.1, -0.05) is 26.8 Å². The van der Waals surface area contributed by atoms with Gasteiger partial charge in [0.1, 0.15) is 0 Å². The lowest BCUT2D eigenvalue weighted by Crippen LogP contribution is -2.30. The van der Waals surface area contributed by atoms with E-state index in [1.54, 1.807) is 6.07 Å². The Hall–Kier alpha value is -2.88. The summed E-state index contributed by atoms with van der Waals surface area (Å²) in [5, 5.41) is 0. The monoisotopic (exact) mass is 481 g/mol. The molecule has 7 nitrogen and oxygen atoms in total. The minimum atomic E-state index is -4.65. The van der Waals surface area contributed by atoms with Crippen molar-refractivity contribution in [3.05, 3.63) is 52.1 Å². The summed E-state index contributed by atoms with van der Waals surface area (Å²) in [7, 11) is 3.02. The van der Waals surface area contributed by atoms with E-state index in [9.17, 15) is 22.8 Å². The highest BCUT2D eigenvalue weighted by Gasteiger charge is 2.32. The molecule has 34 heavy (non-hydrogen) atoms. The molecule has 3 rings (SSSR count). The number of carbonyl (C=O) groups excluding carboxylic acids is 2. The Kier molecular flexibility index (Phi) is 7.40. The molecule has 0 saturated carbocycles. The maximum Gasteiger partial charge on any atom is 0.416 e. The fourth-order valence-corrected chi connectivity index (χ4v) is 4.06. The maximum atomic E-state index is 13.3. The summed E-state index contributed by atoms with van der Waals surface area (Å²) in [5.41, 5.74) is -0.215. The van der Waals surface area contributed by atoms with E-state index in [1.807, 2.05) is 37.2 Å². The van der Waals surface area contributed by atoms with Gasteiger partial charge in [-0.2, -0.15) is 18.2 Å². The smallest absolute Gasteiger partial charge is 0.416 e. The van der Waals surface area contributed by atoms with Gasteiger partial charge in [0.05, 0.1) is 31.7 Å². The number of esters is 1. The zero-order valence-corrected chi connectivity index (χ0v) is 20.0. The lowest BCUT2D eigenvalue weighted by Gasteiger charge is -2.21. The number of carbonyl (C=O) groups is 2. The number of benzene rings is 1. The summed E-state index contributed by atoms with van der Waals surface area (Å²) in [6.07, 6.45) is -3.23. The second-order valence-electron chi connectivity index (χ2n) is 9.42. The molecule has 1 aromatic carbocycles. The van der Waals surface area contributed by atoms with Gasteiger partial charge in [-0.3, -0.25) is 19.0 Å². The number of hydrogen-bond acceptors (Lipinski definition) is 4. The lowest BCUT2D eigenvalue weighted by atomic mass is 9.92. The molecule has 1 aliphatic heterocycles. The Morgan fingerprint density at radius 1 is 1.21 bits per heavy atom. The first-order valence-electron chi connectivity index (χ1n) is 11.1. The topological polar surface area (TPSA) is 74.8 Å². The Morgan fingerprint density at radius 2 is 1.91 bits per heavy atom. The van der Waals surface area contributed by atoms with E-state index in [0.29, 0.717) is 18.6 Å². The van der Waals surface area contributed by atoms with Crippen molar-refractivity contribution in [1.82, 2.24) is 9.36 Å². The van der Waals surface area contributed by atoms with Gasteiger partial charge in [-0.15, -0.1) is 0 Å². The van der Waals surface area contributed by atoms with Crippen molar-refractivity contribution in [2.75, 3.05) is 13.7 Å². The van der Waals surface area contributed by atoms with Crippen LogP contribution < -0.4 is 5.49 Å². The van der Waals surface area contributed by atoms with Gasteiger partial charge in [0.25, 0.3) is 5.91 Å². The van der Waals surface area contributed by atoms with Gasteiger partial charge >= 0.3 is 12.1 Å². The van der Waals surface area contributed by atoms with Crippen LogP contribution in [0.1, 0.15) is 60.8 Å². The van der Waals surface area contributed by atoms with Crippen molar-refractivity contribution in [2.24, 2.45) is 12.0 Å². The molecule has 2 heterocycles. The molecule has 1 atom stereocenters. The van der Waals surface area contributed by atoms with E-state index >= 15 is 0 Å². The van der Waals surface area contributed by atoms with E-state index in [2.05, 4.69) is 9.73 Å². The van der Waals surface area contributed by atoms with Crippen LogP contribution in [0.2, 0.25) is 0 Å². The summed E-state index contributed by atoms with van der Waals surface area (Å²) >= 11 is 0. The number of halogens is 3. The first-order valence-corrected chi connectivity index (χ1v) is 11.1. The number of rotatable bonds is 5. The lowest BCUT2D eigenvalue weighted by molar-refractivity contribution is -0.139. The molecule has 1 saturated heterocycles. The zero-order chi connectivity index (χ0) is 25.3. The van der Waals surface area contributed by atoms with Crippen molar-refractivity contribution in [3.8, 4) is 0 Å². The van der Waals surface area contributed by atoms with Crippen LogP contribution in [0.5, 0.6) is 0 Å². The third-order valence-electron chi connectivity index (χ3n) is 5.86. The second-order valence-corrected chi connectivity index (χ2v) is 9.42. The fourth-order valence-electron chi connectivity index (χ4n) is 4.06. The summed E-state index contributed by atoms with van der Waals surface area (Å²) in [4.78, 5) is 29.2. The SMILES string of the molecule is COC(=O)Cc1ccc(C(F)(F)F)cc1C(=O)N=c1cc(C(C)(C)C)n(C)n1C[C@H]1CCCO1. The number of aromatic nitrogens is 2. The number of nitrogens with zero attached hydrogens (tertiary/aromatic N) is 3. The highest BCUT2D eigenvalue weighted by molar-refractivity contribution is 5.97. The maximum absolute atomic E-state index is 13.3. The molecule has 10 heteroatoms. The van der Waals surface area contributed by atoms with E-state index in [4.69, 9.17) is 4.74 Å². The van der Waals surface area contributed by atoms with Gasteiger partial charge in [0.2, 0.25) is 0 Å². The third kappa shape index (κ3) is 5.78. The Labute approximate surface area is 196 Å². The minimum Gasteiger partial charge on any atom is -0.469 e. The van der Waals surface area contributed by atoms with Crippen molar-refractivity contribution in [2.45, 2.75) is 64.3 Å². The summed E-state index contributed by atoms with van der Waals surface area (Å²) < 4.78 is 54.1. The van der Waals surface area contributed by atoms with Crippen LogP contribution in [0.4, 0.5) is 13.2 Å². The van der Waals surface area contributed by atoms with E-state index in [1.165, 1.54) is 7.11 Å². The van der Waals surface area contributed by atoms with Crippen molar-refractivity contribution >= 4 is 11.9 Å². The van der Waals surface area contributed by atoms with Crippen molar-refractivity contribution in [1.29, 1.82) is 0 Å². The number of alkyl halides is 3. The molecule has 1 fully saturated rings. The van der Waals surface area contributed by atoms with Gasteiger partial charge in [-0.05, 0) is 30.5 Å². The van der Waals surface area contributed by atoms with Crippen LogP contribution in [0.3, 0.4) is 0 Å². The molecule has 0 unspecified atom stereocenters. The highest BCUT2D eigenvalue weighted by Crippen LogP contribution is 2.31. The van der Waals surface area contributed by atoms with E-state index in [-0.39, 0.29) is 29.1 Å². The molecule has 0 radical (unpaired) electrons. The Bertz CT molecular complexity index is 1130. The Balaban J connectivity index is 2.13. The van der Waals surface area contributed by atoms with Gasteiger partial charge in [0.15, 0.2) is 5.49 Å². The molecule has 0 bridgehead atoms. The molecule has 0 N–H and O–H groups in total. The molecular weight excluding hydrogens is 451 g/mol. The van der Waals surface area contributed by atoms with Crippen LogP contribution in [0.25, 0.3) is 0 Å². The molecule has 0 aliphatic carbocycles. The Morgan fingerprint density at radius 3 is 2.47 bits per heavy atom. The zero-order valence-electron chi connectivity index (χ0n) is 20.0. The second kappa shape index (κ2) is 9.77. The van der Waals surface area contributed by atoms with Crippen LogP contribution in [0, 0.1) is 0 Å². The number of ether oxygens (including phenoxy) is 2. The van der Waals surface area contributed by atoms with Crippen LogP contribution in [0.15, 0.2) is 29.3 Å². The highest BCUT2D eigenvalue weighted by atomic mass is 19.4.